The van der Waals surface area contributed by atoms with Crippen LogP contribution >= 0.6 is 0 Å². The van der Waals surface area contributed by atoms with E-state index < -0.39 is 17.7 Å². The van der Waals surface area contributed by atoms with E-state index in [4.69, 9.17) is 26.2 Å². The van der Waals surface area contributed by atoms with Crippen molar-refractivity contribution in [2.75, 3.05) is 0 Å². The van der Waals surface area contributed by atoms with Gasteiger partial charge < -0.3 is 20.4 Å². The molecule has 11 heavy (non-hydrogen) atoms. The second kappa shape index (κ2) is 3.02. The Labute approximate surface area is 64.1 Å². The van der Waals surface area contributed by atoms with E-state index in [1.807, 2.05) is 0 Å². The van der Waals surface area contributed by atoms with E-state index >= 15 is 0 Å². The first kappa shape index (κ1) is 10.8. The molecule has 0 bridgehead atoms. The number of aliphatic hydroxyl groups excluding tert-OH is 1. The van der Waals surface area contributed by atoms with Gasteiger partial charge in [-0.25, -0.2) is 0 Å². The molecule has 6 heteroatoms. The second-order valence-electron chi connectivity index (χ2n) is 2.48. The first-order valence-electron chi connectivity index (χ1n) is 3.16. The first-order valence-corrected chi connectivity index (χ1v) is 3.16. The maximum Gasteiger partial charge on any atom is 0.267 e. The Morgan fingerprint density at radius 1 is 1.27 bits per heavy atom. The monoisotopic (exact) mass is 166 g/mol. The molecule has 0 aliphatic heterocycles. The van der Waals surface area contributed by atoms with Crippen LogP contribution in [0.5, 0.6) is 0 Å². The summed E-state index contributed by atoms with van der Waals surface area (Å²) in [7, 11) is 0. The van der Waals surface area contributed by atoms with Crippen molar-refractivity contribution >= 4 is 0 Å². The molecule has 0 fully saturated rings. The van der Waals surface area contributed by atoms with Gasteiger partial charge in [-0.05, 0) is 6.42 Å². The number of nitrogens with two attached hydrogens (primary N) is 2. The minimum Gasteiger partial charge on any atom is -0.388 e. The van der Waals surface area contributed by atoms with Crippen LogP contribution in [0.25, 0.3) is 0 Å². The predicted octanol–water partition coefficient (Wildman–Crippen LogP) is -3.00. The van der Waals surface area contributed by atoms with Gasteiger partial charge in [0.15, 0.2) is 0 Å². The number of aliphatic hydroxyl groups is 4. The van der Waals surface area contributed by atoms with Gasteiger partial charge >= 0.3 is 0 Å². The maximum atomic E-state index is 9.02. The van der Waals surface area contributed by atoms with Crippen LogP contribution in [0.2, 0.25) is 0 Å². The molecule has 0 rings (SSSR count). The molecule has 0 saturated carbocycles. The zero-order valence-corrected chi connectivity index (χ0v) is 6.23. The average Bonchev–Trinajstić information content (AvgIpc) is 1.83. The quantitative estimate of drug-likeness (QED) is 0.247. The van der Waals surface area contributed by atoms with Crippen molar-refractivity contribution in [2.24, 2.45) is 11.5 Å². The van der Waals surface area contributed by atoms with E-state index in [-0.39, 0.29) is 6.42 Å². The molecule has 0 amide bonds. The lowest BCUT2D eigenvalue weighted by molar-refractivity contribution is -0.297. The maximum absolute atomic E-state index is 9.02. The van der Waals surface area contributed by atoms with Gasteiger partial charge in [-0.2, -0.15) is 0 Å². The number of hydrogen-bond donors (Lipinski definition) is 6. The predicted molar refractivity (Wildman–Crippen MR) is 36.8 cm³/mol. The molecule has 0 aliphatic rings. The van der Waals surface area contributed by atoms with Crippen molar-refractivity contribution in [3.63, 3.8) is 0 Å². The van der Waals surface area contributed by atoms with E-state index in [0.29, 0.717) is 0 Å². The summed E-state index contributed by atoms with van der Waals surface area (Å²) in [6.07, 6.45) is -1.42. The molecular formula is C5H14N2O4. The molecule has 0 saturated heterocycles. The average molecular weight is 166 g/mol. The first-order chi connectivity index (χ1) is 4.73. The Morgan fingerprint density at radius 2 is 1.64 bits per heavy atom. The third kappa shape index (κ3) is 2.09. The third-order valence-electron chi connectivity index (χ3n) is 1.48. The largest absolute Gasteiger partial charge is 0.388 e. The van der Waals surface area contributed by atoms with Gasteiger partial charge in [0.05, 0.1) is 0 Å². The minimum absolute atomic E-state index is 0.0626. The summed E-state index contributed by atoms with van der Waals surface area (Å²) in [6, 6.07) is 0. The Kier molecular flexibility index (Phi) is 2.95. The number of hydrogen-bond acceptors (Lipinski definition) is 6. The fraction of sp³-hybridized carbons (Fsp3) is 1.00. The van der Waals surface area contributed by atoms with Crippen LogP contribution < -0.4 is 11.5 Å². The van der Waals surface area contributed by atoms with Crippen LogP contribution in [0.15, 0.2) is 0 Å². The molecular weight excluding hydrogens is 152 g/mol. The van der Waals surface area contributed by atoms with Crippen molar-refractivity contribution in [3.05, 3.63) is 0 Å². The Hall–Kier alpha value is -0.240. The summed E-state index contributed by atoms with van der Waals surface area (Å²) < 4.78 is 0. The lowest BCUT2D eigenvalue weighted by Gasteiger charge is -2.35. The lowest BCUT2D eigenvalue weighted by atomic mass is 10.0. The van der Waals surface area contributed by atoms with E-state index in [1.54, 1.807) is 0 Å². The van der Waals surface area contributed by atoms with Crippen LogP contribution in [-0.4, -0.2) is 38.2 Å². The molecule has 0 aromatic heterocycles. The summed E-state index contributed by atoms with van der Waals surface area (Å²) in [5, 5.41) is 35.3. The van der Waals surface area contributed by atoms with E-state index in [9.17, 15) is 0 Å². The van der Waals surface area contributed by atoms with Crippen LogP contribution in [0.1, 0.15) is 13.3 Å². The van der Waals surface area contributed by atoms with Gasteiger partial charge in [0.2, 0.25) is 5.72 Å². The molecule has 8 N–H and O–H groups in total. The van der Waals surface area contributed by atoms with Gasteiger partial charge in [-0.3, -0.25) is 11.5 Å². The van der Waals surface area contributed by atoms with Crippen molar-refractivity contribution in [3.8, 4) is 0 Å². The zero-order valence-electron chi connectivity index (χ0n) is 6.23. The summed E-state index contributed by atoms with van der Waals surface area (Å²) >= 11 is 0. The van der Waals surface area contributed by atoms with Crippen molar-refractivity contribution in [1.29, 1.82) is 0 Å². The van der Waals surface area contributed by atoms with Crippen LogP contribution in [0, 0.1) is 0 Å². The fourth-order valence-corrected chi connectivity index (χ4v) is 0.556. The summed E-state index contributed by atoms with van der Waals surface area (Å²) in [6.45, 7) is 1.51. The topological polar surface area (TPSA) is 133 Å². The van der Waals surface area contributed by atoms with Crippen LogP contribution in [0.4, 0.5) is 0 Å². The highest BCUT2D eigenvalue weighted by Gasteiger charge is 2.47. The molecule has 0 aromatic carbocycles. The molecule has 0 radical (unpaired) electrons. The summed E-state index contributed by atoms with van der Waals surface area (Å²) in [5.41, 5.74) is 6.98. The molecule has 0 spiro atoms. The van der Waals surface area contributed by atoms with Gasteiger partial charge in [0, 0.05) is 0 Å². The molecule has 6 nitrogen and oxygen atoms in total. The standard InChI is InChI=1S/C5H14N2O4/c1-2-3(8)4(6,9)5(7,10)11/h3,8-11H,2,6-7H2,1H3. The number of rotatable bonds is 3. The SMILES string of the molecule is CCC(O)C(N)(O)C(N)(O)O. The van der Waals surface area contributed by atoms with E-state index in [1.165, 1.54) is 6.92 Å². The second-order valence-corrected chi connectivity index (χ2v) is 2.48. The highest BCUT2D eigenvalue weighted by molar-refractivity contribution is 4.88. The van der Waals surface area contributed by atoms with Gasteiger partial charge in [-0.15, -0.1) is 0 Å². The molecule has 0 heterocycles. The lowest BCUT2D eigenvalue weighted by Crippen LogP contribution is -2.71. The summed E-state index contributed by atoms with van der Waals surface area (Å²) in [5.74, 6) is -3.00. The smallest absolute Gasteiger partial charge is 0.267 e. The molecule has 68 valence electrons. The fourth-order valence-electron chi connectivity index (χ4n) is 0.556. The Morgan fingerprint density at radius 3 is 1.73 bits per heavy atom. The summed E-state index contributed by atoms with van der Waals surface area (Å²) in [4.78, 5) is 0. The van der Waals surface area contributed by atoms with Gasteiger partial charge in [0.25, 0.3) is 5.91 Å². The molecule has 0 aliphatic carbocycles. The van der Waals surface area contributed by atoms with E-state index in [0.717, 1.165) is 0 Å². The molecule has 2 atom stereocenters. The highest BCUT2D eigenvalue weighted by Crippen LogP contribution is 2.15. The van der Waals surface area contributed by atoms with Crippen molar-refractivity contribution in [1.82, 2.24) is 0 Å². The normalized spacial score (nSPS) is 21.0. The highest BCUT2D eigenvalue weighted by atomic mass is 16.6. The van der Waals surface area contributed by atoms with Crippen molar-refractivity contribution in [2.45, 2.75) is 31.1 Å². The Bertz CT molecular complexity index is 131. The zero-order chi connectivity index (χ0) is 9.28. The van der Waals surface area contributed by atoms with Crippen LogP contribution in [-0.2, 0) is 0 Å². The minimum atomic E-state index is -3.00. The Balaban J connectivity index is 4.45. The third-order valence-corrected chi connectivity index (χ3v) is 1.48. The van der Waals surface area contributed by atoms with Crippen LogP contribution in [0.3, 0.4) is 0 Å². The van der Waals surface area contributed by atoms with E-state index in [2.05, 4.69) is 5.73 Å². The van der Waals surface area contributed by atoms with Crippen molar-refractivity contribution < 1.29 is 20.4 Å². The van der Waals surface area contributed by atoms with Gasteiger partial charge in [-0.1, -0.05) is 6.92 Å². The molecule has 2 unspecified atom stereocenters. The van der Waals surface area contributed by atoms with Gasteiger partial charge in [0.1, 0.15) is 6.10 Å². The molecule has 0 aromatic rings.